The van der Waals surface area contributed by atoms with Crippen LogP contribution in [0.25, 0.3) is 0 Å². The molecule has 2 fully saturated rings. The molecule has 5 atom stereocenters. The van der Waals surface area contributed by atoms with Crippen molar-refractivity contribution in [1.29, 1.82) is 5.26 Å². The van der Waals surface area contributed by atoms with Crippen LogP contribution in [0.4, 0.5) is 0 Å². The number of halogens is 1. The van der Waals surface area contributed by atoms with Crippen molar-refractivity contribution < 1.29 is 18.5 Å². The van der Waals surface area contributed by atoms with Gasteiger partial charge in [-0.1, -0.05) is 15.9 Å². The maximum Gasteiger partial charge on any atom is 0.330 e. The first-order chi connectivity index (χ1) is 14.7. The summed E-state index contributed by atoms with van der Waals surface area (Å²) in [5.74, 6) is 0. The largest absolute Gasteiger partial charge is 0.367 e. The molecule has 31 heavy (non-hydrogen) atoms. The average molecular weight is 519 g/mol. The Bertz CT molecular complexity index is 910. The number of nitrogens with one attached hydrogen (secondary N) is 1. The van der Waals surface area contributed by atoms with E-state index in [4.69, 9.17) is 23.8 Å². The minimum atomic E-state index is -1.52. The van der Waals surface area contributed by atoms with E-state index in [0.717, 1.165) is 0 Å². The molecule has 0 amide bonds. The van der Waals surface area contributed by atoms with Gasteiger partial charge >= 0.3 is 5.69 Å². The highest BCUT2D eigenvalue weighted by Crippen LogP contribution is 2.55. The lowest BCUT2D eigenvalue weighted by Crippen LogP contribution is -2.44. The zero-order valence-electron chi connectivity index (χ0n) is 18.0. The molecule has 2 aliphatic heterocycles. The summed E-state index contributed by atoms with van der Waals surface area (Å²) in [5.41, 5.74) is -1.87. The number of alkyl halides is 1. The van der Waals surface area contributed by atoms with Gasteiger partial charge in [-0.15, -0.1) is 0 Å². The molecule has 1 N–H and O–H groups in total. The Morgan fingerprint density at radius 2 is 2.13 bits per heavy atom. The highest BCUT2D eigenvalue weighted by molar-refractivity contribution is 9.09. The first-order valence-corrected chi connectivity index (χ1v) is 12.4. The third-order valence-electron chi connectivity index (χ3n) is 5.19. The molecule has 2 saturated heterocycles. The number of hydrogen-bond acceptors (Lipinski definition) is 8. The van der Waals surface area contributed by atoms with E-state index < -0.39 is 43.8 Å². The third-order valence-corrected chi connectivity index (χ3v) is 8.25. The fourth-order valence-corrected chi connectivity index (χ4v) is 6.31. The van der Waals surface area contributed by atoms with Crippen molar-refractivity contribution in [2.45, 2.75) is 70.2 Å². The zero-order valence-corrected chi connectivity index (χ0v) is 20.5. The molecular weight excluding hydrogens is 491 g/mol. The minimum absolute atomic E-state index is 0.145. The van der Waals surface area contributed by atoms with Gasteiger partial charge in [0, 0.05) is 29.7 Å². The standard InChI is InChI=1S/C19H28BrN4O6P/c1-12(2)24(13(3)4)31(28-9-5-7-21)30-16-15-17(29-19(16,10-20)11-27-15)23-8-6-14(25)22-18(23)26/h6,8,12-13,15-17H,5,9-11H2,1-4H3,(H,22,25,26)/t15?,16?,17-,19+,31?/m1/s1. The fraction of sp³-hybridized carbons (Fsp3) is 0.737. The van der Waals surface area contributed by atoms with Crippen molar-refractivity contribution >= 4 is 24.5 Å². The van der Waals surface area contributed by atoms with Crippen molar-refractivity contribution in [1.82, 2.24) is 14.2 Å². The molecule has 2 bridgehead atoms. The number of rotatable bonds is 10. The van der Waals surface area contributed by atoms with Gasteiger partial charge in [-0.2, -0.15) is 5.26 Å². The van der Waals surface area contributed by atoms with Gasteiger partial charge in [-0.05, 0) is 27.7 Å². The summed E-state index contributed by atoms with van der Waals surface area (Å²) in [6, 6.07) is 3.65. The van der Waals surface area contributed by atoms with E-state index in [2.05, 4.69) is 59.3 Å². The highest BCUT2D eigenvalue weighted by Gasteiger charge is 2.63. The van der Waals surface area contributed by atoms with Crippen LogP contribution in [0.1, 0.15) is 40.3 Å². The van der Waals surface area contributed by atoms with Crippen LogP contribution in [0.15, 0.2) is 21.9 Å². The van der Waals surface area contributed by atoms with Crippen LogP contribution < -0.4 is 11.2 Å². The molecule has 3 rings (SSSR count). The van der Waals surface area contributed by atoms with Crippen molar-refractivity contribution in [2.24, 2.45) is 0 Å². The molecule has 1 aromatic heterocycles. The predicted molar refractivity (Wildman–Crippen MR) is 118 cm³/mol. The number of hydrogen-bond donors (Lipinski definition) is 1. The van der Waals surface area contributed by atoms with Gasteiger partial charge in [0.05, 0.1) is 25.7 Å². The first-order valence-electron chi connectivity index (χ1n) is 10.2. The molecule has 1 aromatic rings. The number of nitrogens with zero attached hydrogens (tertiary/aromatic N) is 3. The quantitative estimate of drug-likeness (QED) is 0.284. The van der Waals surface area contributed by atoms with E-state index in [1.54, 1.807) is 0 Å². The molecule has 12 heteroatoms. The molecule has 0 aliphatic carbocycles. The molecule has 0 spiro atoms. The third kappa shape index (κ3) is 4.96. The van der Waals surface area contributed by atoms with Gasteiger partial charge in [-0.25, -0.2) is 9.46 Å². The number of aromatic amines is 1. The predicted octanol–water partition coefficient (Wildman–Crippen LogP) is 2.26. The van der Waals surface area contributed by atoms with Gasteiger partial charge in [0.25, 0.3) is 14.1 Å². The van der Waals surface area contributed by atoms with E-state index >= 15 is 0 Å². The Labute approximate surface area is 190 Å². The lowest BCUT2D eigenvalue weighted by Gasteiger charge is -2.38. The van der Waals surface area contributed by atoms with E-state index in [1.165, 1.54) is 16.8 Å². The van der Waals surface area contributed by atoms with Crippen molar-refractivity contribution in [3.63, 3.8) is 0 Å². The number of aromatic nitrogens is 2. The molecule has 3 unspecified atom stereocenters. The number of H-pyrrole nitrogens is 1. The van der Waals surface area contributed by atoms with Gasteiger partial charge < -0.3 is 18.5 Å². The summed E-state index contributed by atoms with van der Waals surface area (Å²) in [6.07, 6.45) is -0.166. The molecular formula is C19H28BrN4O6P. The normalized spacial score (nSPS) is 28.5. The summed E-state index contributed by atoms with van der Waals surface area (Å²) in [7, 11) is -1.52. The van der Waals surface area contributed by atoms with Crippen LogP contribution in [0, 0.1) is 11.3 Å². The van der Waals surface area contributed by atoms with E-state index in [1.807, 2.05) is 0 Å². The van der Waals surface area contributed by atoms with Crippen LogP contribution >= 0.6 is 24.5 Å². The van der Waals surface area contributed by atoms with Crippen LogP contribution in [0.5, 0.6) is 0 Å². The lowest BCUT2D eigenvalue weighted by molar-refractivity contribution is -0.164. The second-order valence-corrected chi connectivity index (χ2v) is 10.0. The van der Waals surface area contributed by atoms with Crippen LogP contribution in [0.2, 0.25) is 0 Å². The van der Waals surface area contributed by atoms with Gasteiger partial charge in [-0.3, -0.25) is 14.3 Å². The second-order valence-electron chi connectivity index (χ2n) is 8.07. The lowest BCUT2D eigenvalue weighted by atomic mass is 10.0. The number of nitriles is 1. The van der Waals surface area contributed by atoms with Gasteiger partial charge in [0.1, 0.15) is 17.8 Å². The Morgan fingerprint density at radius 1 is 1.42 bits per heavy atom. The number of fused-ring (bicyclic) bond motifs is 2. The monoisotopic (exact) mass is 518 g/mol. The molecule has 0 radical (unpaired) electrons. The summed E-state index contributed by atoms with van der Waals surface area (Å²) in [4.78, 5) is 26.1. The molecule has 10 nitrogen and oxygen atoms in total. The molecule has 172 valence electrons. The molecule has 0 saturated carbocycles. The first kappa shape index (κ1) is 24.5. The van der Waals surface area contributed by atoms with E-state index in [9.17, 15) is 9.59 Å². The minimum Gasteiger partial charge on any atom is -0.367 e. The zero-order chi connectivity index (χ0) is 22.8. The van der Waals surface area contributed by atoms with Gasteiger partial charge in [0.15, 0.2) is 6.23 Å². The van der Waals surface area contributed by atoms with Crippen molar-refractivity contribution in [2.75, 3.05) is 18.5 Å². The van der Waals surface area contributed by atoms with E-state index in [0.29, 0.717) is 11.9 Å². The maximum atomic E-state index is 12.3. The molecule has 2 aliphatic rings. The number of ether oxygens (including phenoxy) is 2. The average Bonchev–Trinajstić information content (AvgIpc) is 3.19. The summed E-state index contributed by atoms with van der Waals surface area (Å²) in [5, 5.41) is 9.35. The molecule has 3 heterocycles. The van der Waals surface area contributed by atoms with Crippen LogP contribution in [-0.2, 0) is 18.5 Å². The Morgan fingerprint density at radius 3 is 2.71 bits per heavy atom. The second kappa shape index (κ2) is 10.2. The van der Waals surface area contributed by atoms with E-state index in [-0.39, 0.29) is 25.1 Å². The summed E-state index contributed by atoms with van der Waals surface area (Å²) >= 11 is 3.52. The maximum absolute atomic E-state index is 12.3. The fourth-order valence-electron chi connectivity index (χ4n) is 3.88. The van der Waals surface area contributed by atoms with Gasteiger partial charge in [0.2, 0.25) is 0 Å². The topological polar surface area (TPSA) is 119 Å². The van der Waals surface area contributed by atoms with Crippen LogP contribution in [-0.4, -0.2) is 62.7 Å². The molecule has 0 aromatic carbocycles. The van der Waals surface area contributed by atoms with Crippen LogP contribution in [0.3, 0.4) is 0 Å². The summed E-state index contributed by atoms with van der Waals surface area (Å²) in [6.45, 7) is 8.79. The SMILES string of the molecule is CC(C)N(C(C)C)P(OCCC#N)OC1C2OC[C@]1(CBr)O[C@H]2n1ccc(=O)[nH]c1=O. The smallest absolute Gasteiger partial charge is 0.330 e. The van der Waals surface area contributed by atoms with Crippen molar-refractivity contribution in [3.8, 4) is 6.07 Å². The Kier molecular flexibility index (Phi) is 8.08. The van der Waals surface area contributed by atoms with Crippen molar-refractivity contribution in [3.05, 3.63) is 33.1 Å². The summed E-state index contributed by atoms with van der Waals surface area (Å²) < 4.78 is 28.3. The highest BCUT2D eigenvalue weighted by atomic mass is 79.9. The Balaban J connectivity index is 1.90. The Hall–Kier alpha value is -1.12.